The molecular weight excluding hydrogens is 765 g/mol. The minimum Gasteiger partial charge on any atom is -0.248 e. The summed E-state index contributed by atoms with van der Waals surface area (Å²) in [6.45, 7) is 0. The van der Waals surface area contributed by atoms with Crippen LogP contribution in [0.3, 0.4) is 0 Å². The van der Waals surface area contributed by atoms with Crippen LogP contribution < -0.4 is 0 Å². The summed E-state index contributed by atoms with van der Waals surface area (Å²) in [5.41, 5.74) is 14.7. The van der Waals surface area contributed by atoms with Crippen LogP contribution in [-0.4, -0.2) is 19.9 Å². The van der Waals surface area contributed by atoms with Crippen LogP contribution >= 0.6 is 0 Å². The topological polar surface area (TPSA) is 51.6 Å². The Balaban J connectivity index is 1.09. The van der Waals surface area contributed by atoms with E-state index in [9.17, 15) is 0 Å². The summed E-state index contributed by atoms with van der Waals surface area (Å²) in [7, 11) is 0. The summed E-state index contributed by atoms with van der Waals surface area (Å²) in [6.07, 6.45) is 0. The lowest BCUT2D eigenvalue weighted by molar-refractivity contribution is 0.769. The molecule has 294 valence electrons. The van der Waals surface area contributed by atoms with Gasteiger partial charge in [0.15, 0.2) is 17.5 Å². The molecule has 0 bridgehead atoms. The highest BCUT2D eigenvalue weighted by Crippen LogP contribution is 2.57. The van der Waals surface area contributed by atoms with Crippen molar-refractivity contribution < 1.29 is 0 Å². The number of rotatable bonds is 7. The van der Waals surface area contributed by atoms with Gasteiger partial charge in [-0.05, 0) is 85.6 Å². The van der Waals surface area contributed by atoms with Crippen molar-refractivity contribution in [3.63, 3.8) is 0 Å². The number of benzene rings is 9. The average Bonchev–Trinajstić information content (AvgIpc) is 3.66. The lowest BCUT2D eigenvalue weighted by Crippen LogP contribution is -2.28. The van der Waals surface area contributed by atoms with Gasteiger partial charge in [0.1, 0.15) is 0 Å². The third kappa shape index (κ3) is 6.14. The highest BCUT2D eigenvalue weighted by atomic mass is 15.0. The van der Waals surface area contributed by atoms with Crippen molar-refractivity contribution in [1.29, 1.82) is 0 Å². The first kappa shape index (κ1) is 36.5. The summed E-state index contributed by atoms with van der Waals surface area (Å²) in [5.74, 6) is 1.87. The first-order valence-electron chi connectivity index (χ1n) is 21.4. The Morgan fingerprint density at radius 3 is 1.52 bits per heavy atom. The fraction of sp³-hybridized carbons (Fsp3) is 0.0169. The van der Waals surface area contributed by atoms with Crippen molar-refractivity contribution in [1.82, 2.24) is 19.9 Å². The molecule has 0 atom stereocenters. The van der Waals surface area contributed by atoms with Gasteiger partial charge in [0, 0.05) is 27.6 Å². The molecular formula is C59H38N4. The Morgan fingerprint density at radius 1 is 0.286 bits per heavy atom. The van der Waals surface area contributed by atoms with E-state index in [0.717, 1.165) is 55.4 Å². The molecule has 0 N–H and O–H groups in total. The number of aromatic nitrogens is 4. The van der Waals surface area contributed by atoms with Gasteiger partial charge in [-0.15, -0.1) is 0 Å². The van der Waals surface area contributed by atoms with Crippen LogP contribution in [0.2, 0.25) is 0 Å². The minimum atomic E-state index is -0.537. The zero-order chi connectivity index (χ0) is 41.7. The van der Waals surface area contributed by atoms with Gasteiger partial charge in [-0.3, -0.25) is 0 Å². The van der Waals surface area contributed by atoms with Crippen molar-refractivity contribution in [3.8, 4) is 67.7 Å². The summed E-state index contributed by atoms with van der Waals surface area (Å²) in [4.78, 5) is 20.8. The summed E-state index contributed by atoms with van der Waals surface area (Å²) >= 11 is 0. The molecule has 0 saturated heterocycles. The standard InChI is InChI=1S/C59H38N4/c1-5-19-40(20-6-1)54-37-49(51-36-50-48-30-15-16-31-52(48)59(46-26-9-3-10-27-46,47-28-11-4-12-29-47)53(50)38-55(51)60-54)43-24-17-25-44(35-43)57-61-56(41-21-7-2-8-22-41)62-58(63-57)45-33-32-39-18-13-14-23-42(39)34-45/h1-38H. The highest BCUT2D eigenvalue weighted by Gasteiger charge is 2.46. The zero-order valence-electron chi connectivity index (χ0n) is 34.2. The van der Waals surface area contributed by atoms with Crippen molar-refractivity contribution >= 4 is 21.7 Å². The Morgan fingerprint density at radius 2 is 0.825 bits per heavy atom. The van der Waals surface area contributed by atoms with Gasteiger partial charge in [0.2, 0.25) is 0 Å². The molecule has 1 aliphatic carbocycles. The molecule has 0 saturated carbocycles. The van der Waals surface area contributed by atoms with Gasteiger partial charge < -0.3 is 0 Å². The molecule has 0 fully saturated rings. The second-order valence-corrected chi connectivity index (χ2v) is 16.2. The Kier molecular flexibility index (Phi) is 8.68. The molecule has 0 unspecified atom stereocenters. The Bertz CT molecular complexity index is 3460. The smallest absolute Gasteiger partial charge is 0.164 e. The molecule has 0 amide bonds. The molecule has 2 aromatic heterocycles. The molecule has 0 aliphatic heterocycles. The van der Waals surface area contributed by atoms with Gasteiger partial charge in [0.05, 0.1) is 16.6 Å². The summed E-state index contributed by atoms with van der Waals surface area (Å²) < 4.78 is 0. The number of hydrogen-bond donors (Lipinski definition) is 0. The Labute approximate surface area is 365 Å². The third-order valence-electron chi connectivity index (χ3n) is 12.6. The molecule has 4 nitrogen and oxygen atoms in total. The van der Waals surface area contributed by atoms with Crippen LogP contribution in [0, 0.1) is 0 Å². The van der Waals surface area contributed by atoms with Crippen LogP contribution in [0.5, 0.6) is 0 Å². The largest absolute Gasteiger partial charge is 0.248 e. The normalized spacial score (nSPS) is 12.6. The molecule has 0 radical (unpaired) electrons. The van der Waals surface area contributed by atoms with E-state index in [4.69, 9.17) is 19.9 Å². The predicted molar refractivity (Wildman–Crippen MR) is 257 cm³/mol. The molecule has 4 heteroatoms. The van der Waals surface area contributed by atoms with E-state index in [2.05, 4.69) is 212 Å². The van der Waals surface area contributed by atoms with Crippen LogP contribution in [0.4, 0.5) is 0 Å². The molecule has 9 aromatic carbocycles. The zero-order valence-corrected chi connectivity index (χ0v) is 34.2. The molecule has 2 heterocycles. The second-order valence-electron chi connectivity index (χ2n) is 16.2. The molecule has 11 aromatic rings. The number of fused-ring (bicyclic) bond motifs is 5. The van der Waals surface area contributed by atoms with Crippen molar-refractivity contribution in [2.24, 2.45) is 0 Å². The lowest BCUT2D eigenvalue weighted by Gasteiger charge is -2.34. The minimum absolute atomic E-state index is 0.537. The number of nitrogens with zero attached hydrogens (tertiary/aromatic N) is 4. The third-order valence-corrected chi connectivity index (χ3v) is 12.6. The molecule has 1 aliphatic rings. The van der Waals surface area contributed by atoms with E-state index in [1.54, 1.807) is 0 Å². The number of hydrogen-bond acceptors (Lipinski definition) is 4. The average molecular weight is 803 g/mol. The van der Waals surface area contributed by atoms with Gasteiger partial charge in [0.25, 0.3) is 0 Å². The van der Waals surface area contributed by atoms with Gasteiger partial charge in [-0.2, -0.15) is 0 Å². The maximum atomic E-state index is 5.48. The van der Waals surface area contributed by atoms with Crippen LogP contribution in [0.1, 0.15) is 22.3 Å². The lowest BCUT2D eigenvalue weighted by atomic mass is 9.67. The predicted octanol–water partition coefficient (Wildman–Crippen LogP) is 14.3. The first-order valence-corrected chi connectivity index (χ1v) is 21.4. The van der Waals surface area contributed by atoms with E-state index in [1.807, 2.05) is 18.2 Å². The van der Waals surface area contributed by atoms with Crippen molar-refractivity contribution in [2.45, 2.75) is 5.41 Å². The fourth-order valence-electron chi connectivity index (χ4n) is 9.66. The summed E-state index contributed by atoms with van der Waals surface area (Å²) in [6, 6.07) is 81.8. The van der Waals surface area contributed by atoms with Crippen LogP contribution in [-0.2, 0) is 5.41 Å². The van der Waals surface area contributed by atoms with E-state index >= 15 is 0 Å². The Hall–Kier alpha value is -8.34. The van der Waals surface area contributed by atoms with Crippen LogP contribution in [0.25, 0.3) is 89.4 Å². The van der Waals surface area contributed by atoms with E-state index in [-0.39, 0.29) is 0 Å². The molecule has 12 rings (SSSR count). The van der Waals surface area contributed by atoms with Crippen molar-refractivity contribution in [3.05, 3.63) is 253 Å². The second kappa shape index (κ2) is 15.0. The van der Waals surface area contributed by atoms with Gasteiger partial charge in [-0.25, -0.2) is 19.9 Å². The molecule has 0 spiro atoms. The van der Waals surface area contributed by atoms with Crippen LogP contribution in [0.15, 0.2) is 231 Å². The first-order chi connectivity index (χ1) is 31.2. The van der Waals surface area contributed by atoms with Gasteiger partial charge in [-0.1, -0.05) is 200 Å². The van der Waals surface area contributed by atoms with E-state index < -0.39 is 5.41 Å². The summed E-state index contributed by atoms with van der Waals surface area (Å²) in [5, 5.41) is 3.39. The SMILES string of the molecule is c1ccc(-c2cc(-c3cccc(-c4nc(-c5ccccc5)nc(-c5ccc6ccccc6c5)n4)c3)c3cc4c(cc3n2)C(c2ccccc2)(c2ccccc2)c2ccccc2-4)cc1. The monoisotopic (exact) mass is 802 g/mol. The highest BCUT2D eigenvalue weighted by molar-refractivity contribution is 6.03. The molecule has 63 heavy (non-hydrogen) atoms. The van der Waals surface area contributed by atoms with Gasteiger partial charge >= 0.3 is 0 Å². The van der Waals surface area contributed by atoms with E-state index in [0.29, 0.717) is 17.5 Å². The fourth-order valence-corrected chi connectivity index (χ4v) is 9.66. The number of pyridine rings is 1. The maximum Gasteiger partial charge on any atom is 0.164 e. The van der Waals surface area contributed by atoms with Crippen molar-refractivity contribution in [2.75, 3.05) is 0 Å². The quantitative estimate of drug-likeness (QED) is 0.161. The maximum absolute atomic E-state index is 5.48. The van der Waals surface area contributed by atoms with E-state index in [1.165, 1.54) is 38.8 Å².